The molecule has 1 aromatic carbocycles. The molecule has 0 radical (unpaired) electrons. The number of benzene rings is 1. The molecule has 1 amide bonds. The number of amides is 1. The molecule has 1 aliphatic heterocycles. The number of nitrogens with zero attached hydrogens (tertiary/aromatic N) is 2. The Morgan fingerprint density at radius 3 is 2.30 bits per heavy atom. The van der Waals surface area contributed by atoms with Crippen LogP contribution in [0.3, 0.4) is 0 Å². The third kappa shape index (κ3) is 3.58. The molecular weight excluding hydrogens is 250 g/mol. The van der Waals surface area contributed by atoms with Crippen LogP contribution in [0.5, 0.6) is 0 Å². The molecule has 0 bridgehead atoms. The summed E-state index contributed by atoms with van der Waals surface area (Å²) < 4.78 is 0. The molecule has 0 saturated carbocycles. The molecule has 0 atom stereocenters. The Balaban J connectivity index is 1.93. The number of hydrogen-bond acceptors (Lipinski definition) is 3. The highest BCUT2D eigenvalue weighted by molar-refractivity contribution is 5.79. The first-order valence-electron chi connectivity index (χ1n) is 7.40. The van der Waals surface area contributed by atoms with Gasteiger partial charge < -0.3 is 10.6 Å². The minimum Gasteiger partial charge on any atom is -0.340 e. The van der Waals surface area contributed by atoms with E-state index in [1.165, 1.54) is 0 Å². The van der Waals surface area contributed by atoms with Gasteiger partial charge in [0.25, 0.3) is 0 Å². The number of carbonyl (C=O) groups is 1. The van der Waals surface area contributed by atoms with Gasteiger partial charge in [-0.15, -0.1) is 0 Å². The van der Waals surface area contributed by atoms with Crippen LogP contribution in [0.2, 0.25) is 0 Å². The summed E-state index contributed by atoms with van der Waals surface area (Å²) in [4.78, 5) is 16.8. The van der Waals surface area contributed by atoms with Crippen LogP contribution in [0.25, 0.3) is 0 Å². The summed E-state index contributed by atoms with van der Waals surface area (Å²) in [5.74, 6) is 0.217. The Morgan fingerprint density at radius 2 is 1.75 bits per heavy atom. The predicted molar refractivity (Wildman–Crippen MR) is 81.3 cm³/mol. The summed E-state index contributed by atoms with van der Waals surface area (Å²) in [6.07, 6.45) is 0.467. The van der Waals surface area contributed by atoms with Crippen LogP contribution < -0.4 is 5.73 Å². The molecule has 4 heteroatoms. The number of nitrogens with two attached hydrogens (primary N) is 1. The average molecular weight is 275 g/mol. The molecule has 0 aliphatic carbocycles. The smallest absolute Gasteiger partial charge is 0.227 e. The fourth-order valence-electron chi connectivity index (χ4n) is 2.69. The van der Waals surface area contributed by atoms with Gasteiger partial charge in [0.15, 0.2) is 0 Å². The highest BCUT2D eigenvalue weighted by Gasteiger charge is 2.22. The Morgan fingerprint density at radius 1 is 1.15 bits per heavy atom. The molecule has 1 aliphatic rings. The van der Waals surface area contributed by atoms with Crippen molar-refractivity contribution in [1.29, 1.82) is 0 Å². The largest absolute Gasteiger partial charge is 0.340 e. The van der Waals surface area contributed by atoms with Crippen molar-refractivity contribution in [3.05, 3.63) is 35.4 Å². The van der Waals surface area contributed by atoms with E-state index in [9.17, 15) is 4.79 Å². The molecule has 1 saturated heterocycles. The van der Waals surface area contributed by atoms with Crippen LogP contribution in [0, 0.1) is 0 Å². The van der Waals surface area contributed by atoms with Crippen LogP contribution in [0.1, 0.15) is 25.0 Å². The maximum Gasteiger partial charge on any atom is 0.227 e. The van der Waals surface area contributed by atoms with Crippen molar-refractivity contribution in [1.82, 2.24) is 9.80 Å². The van der Waals surface area contributed by atoms with Gasteiger partial charge in [0.1, 0.15) is 0 Å². The topological polar surface area (TPSA) is 49.6 Å². The number of piperazine rings is 1. The van der Waals surface area contributed by atoms with Crippen LogP contribution in [-0.4, -0.2) is 47.9 Å². The standard InChI is InChI=1S/C16H25N3O/c1-13(2)18-7-9-19(10-8-18)16(20)11-14-5-3-4-6-15(14)12-17/h3-6,13H,7-12,17H2,1-2H3. The van der Waals surface area contributed by atoms with Crippen LogP contribution in [0.15, 0.2) is 24.3 Å². The molecule has 1 fully saturated rings. The molecule has 2 rings (SSSR count). The van der Waals surface area contributed by atoms with E-state index in [1.807, 2.05) is 29.2 Å². The second-order valence-corrected chi connectivity index (χ2v) is 5.66. The van der Waals surface area contributed by atoms with E-state index < -0.39 is 0 Å². The summed E-state index contributed by atoms with van der Waals surface area (Å²) in [6.45, 7) is 8.52. The molecule has 1 aromatic rings. The van der Waals surface area contributed by atoms with E-state index >= 15 is 0 Å². The van der Waals surface area contributed by atoms with Crippen molar-refractivity contribution in [3.8, 4) is 0 Å². The lowest BCUT2D eigenvalue weighted by Gasteiger charge is -2.37. The molecule has 20 heavy (non-hydrogen) atoms. The molecule has 0 spiro atoms. The van der Waals surface area contributed by atoms with E-state index in [0.717, 1.165) is 37.3 Å². The Bertz CT molecular complexity index is 451. The Kier molecular flexibility index (Phi) is 5.15. The zero-order chi connectivity index (χ0) is 14.5. The predicted octanol–water partition coefficient (Wildman–Crippen LogP) is 1.24. The fourth-order valence-corrected chi connectivity index (χ4v) is 2.69. The second kappa shape index (κ2) is 6.86. The maximum atomic E-state index is 12.4. The molecule has 110 valence electrons. The molecule has 4 nitrogen and oxygen atoms in total. The van der Waals surface area contributed by atoms with Crippen molar-refractivity contribution in [2.45, 2.75) is 32.9 Å². The van der Waals surface area contributed by atoms with Gasteiger partial charge in [0, 0.05) is 38.8 Å². The summed E-state index contributed by atoms with van der Waals surface area (Å²) in [5.41, 5.74) is 7.86. The highest BCUT2D eigenvalue weighted by atomic mass is 16.2. The summed E-state index contributed by atoms with van der Waals surface area (Å²) in [6, 6.07) is 8.50. The van der Waals surface area contributed by atoms with E-state index in [0.29, 0.717) is 19.0 Å². The fraction of sp³-hybridized carbons (Fsp3) is 0.562. The summed E-state index contributed by atoms with van der Waals surface area (Å²) in [7, 11) is 0. The minimum absolute atomic E-state index is 0.217. The average Bonchev–Trinajstić information content (AvgIpc) is 2.48. The van der Waals surface area contributed by atoms with Crippen LogP contribution >= 0.6 is 0 Å². The second-order valence-electron chi connectivity index (χ2n) is 5.66. The lowest BCUT2D eigenvalue weighted by molar-refractivity contribution is -0.132. The van der Waals surface area contributed by atoms with Crippen molar-refractivity contribution >= 4 is 5.91 Å². The van der Waals surface area contributed by atoms with E-state index in [1.54, 1.807) is 0 Å². The van der Waals surface area contributed by atoms with Gasteiger partial charge in [0.2, 0.25) is 5.91 Å². The maximum absolute atomic E-state index is 12.4. The normalized spacial score (nSPS) is 16.7. The van der Waals surface area contributed by atoms with Gasteiger partial charge in [-0.05, 0) is 25.0 Å². The number of hydrogen-bond donors (Lipinski definition) is 1. The van der Waals surface area contributed by atoms with Gasteiger partial charge in [0.05, 0.1) is 6.42 Å². The van der Waals surface area contributed by atoms with E-state index in [-0.39, 0.29) is 5.91 Å². The van der Waals surface area contributed by atoms with Gasteiger partial charge in [-0.3, -0.25) is 9.69 Å². The highest BCUT2D eigenvalue weighted by Crippen LogP contribution is 2.12. The number of carbonyl (C=O) groups excluding carboxylic acids is 1. The van der Waals surface area contributed by atoms with Gasteiger partial charge in [-0.25, -0.2) is 0 Å². The number of rotatable bonds is 4. The monoisotopic (exact) mass is 275 g/mol. The Hall–Kier alpha value is -1.39. The third-order valence-electron chi connectivity index (χ3n) is 4.08. The SMILES string of the molecule is CC(C)N1CCN(C(=O)Cc2ccccc2CN)CC1. The van der Waals surface area contributed by atoms with Gasteiger partial charge >= 0.3 is 0 Å². The van der Waals surface area contributed by atoms with Crippen molar-refractivity contribution in [2.24, 2.45) is 5.73 Å². The zero-order valence-electron chi connectivity index (χ0n) is 12.5. The summed E-state index contributed by atoms with van der Waals surface area (Å²) in [5, 5.41) is 0. The summed E-state index contributed by atoms with van der Waals surface area (Å²) >= 11 is 0. The van der Waals surface area contributed by atoms with Crippen molar-refractivity contribution in [2.75, 3.05) is 26.2 Å². The van der Waals surface area contributed by atoms with E-state index in [4.69, 9.17) is 5.73 Å². The lowest BCUT2D eigenvalue weighted by Crippen LogP contribution is -2.51. The van der Waals surface area contributed by atoms with Crippen molar-refractivity contribution in [3.63, 3.8) is 0 Å². The molecule has 1 heterocycles. The first-order chi connectivity index (χ1) is 9.61. The van der Waals surface area contributed by atoms with Crippen LogP contribution in [0.4, 0.5) is 0 Å². The van der Waals surface area contributed by atoms with E-state index in [2.05, 4.69) is 18.7 Å². The van der Waals surface area contributed by atoms with Gasteiger partial charge in [-0.2, -0.15) is 0 Å². The van der Waals surface area contributed by atoms with Gasteiger partial charge in [-0.1, -0.05) is 24.3 Å². The zero-order valence-corrected chi connectivity index (χ0v) is 12.5. The Labute approximate surface area is 121 Å². The molecule has 0 aromatic heterocycles. The van der Waals surface area contributed by atoms with Crippen LogP contribution in [-0.2, 0) is 17.8 Å². The molecular formula is C16H25N3O. The minimum atomic E-state index is 0.217. The third-order valence-corrected chi connectivity index (χ3v) is 4.08. The van der Waals surface area contributed by atoms with Crippen molar-refractivity contribution < 1.29 is 4.79 Å². The first-order valence-corrected chi connectivity index (χ1v) is 7.40. The quantitative estimate of drug-likeness (QED) is 0.899. The lowest BCUT2D eigenvalue weighted by atomic mass is 10.0. The molecule has 0 unspecified atom stereocenters. The first kappa shape index (κ1) is 15.0. The molecule has 2 N–H and O–H groups in total.